The quantitative estimate of drug-likeness (QED) is 0.124. The van der Waals surface area contributed by atoms with Gasteiger partial charge in [0.25, 0.3) is 11.4 Å². The Morgan fingerprint density at radius 2 is 1.31 bits per heavy atom. The molecule has 0 atom stereocenters. The first kappa shape index (κ1) is 32.4. The van der Waals surface area contributed by atoms with Gasteiger partial charge in [0.05, 0.1) is 36.8 Å². The number of aliphatic imine (C=N–C) groups is 1. The van der Waals surface area contributed by atoms with E-state index >= 15 is 0 Å². The van der Waals surface area contributed by atoms with Gasteiger partial charge in [0.2, 0.25) is 0 Å². The Kier molecular flexibility index (Phi) is 8.34. The van der Waals surface area contributed by atoms with Crippen LogP contribution in [0.25, 0.3) is 16.9 Å². The van der Waals surface area contributed by atoms with Crippen LogP contribution in [0.5, 0.6) is 0 Å². The van der Waals surface area contributed by atoms with Gasteiger partial charge < -0.3 is 5.11 Å². The number of aliphatic hydroxyl groups is 1. The number of aliphatic hydroxyl groups excluding tert-OH is 1. The first-order chi connectivity index (χ1) is 23.4. The van der Waals surface area contributed by atoms with Crippen molar-refractivity contribution in [3.05, 3.63) is 141 Å². The number of aromatic nitrogens is 2. The van der Waals surface area contributed by atoms with Crippen molar-refractivity contribution in [1.29, 1.82) is 0 Å². The number of hydrazine groups is 1. The van der Waals surface area contributed by atoms with Crippen LogP contribution in [-0.4, -0.2) is 47.1 Å². The standard InChI is InChI=1S/C29H17Cl2N9O9/c30-17-6-9-20(21(31)12-17)27-26-29(33-35(27)22-10-7-18(37(42)43)13-24(22)39(46)47)34(15-41)36(28(32-26)16-4-2-1-3-5-16)23-11-8-19(38(44)45)14-25(23)40(48)49/h1-14,41H,15H2. The number of rotatable bonds is 9. The maximum absolute atomic E-state index is 12.3. The number of halogens is 2. The predicted octanol–water partition coefficient (Wildman–Crippen LogP) is 6.75. The third kappa shape index (κ3) is 5.71. The average molecular weight is 706 g/mol. The zero-order chi connectivity index (χ0) is 35.1. The van der Waals surface area contributed by atoms with Gasteiger partial charge in [0.15, 0.2) is 11.7 Å². The van der Waals surface area contributed by atoms with Crippen molar-refractivity contribution in [2.75, 3.05) is 16.7 Å². The molecule has 0 aliphatic carbocycles. The molecule has 2 heterocycles. The zero-order valence-corrected chi connectivity index (χ0v) is 25.8. The molecule has 1 aliphatic heterocycles. The molecular formula is C29H17Cl2N9O9. The normalized spacial score (nSPS) is 12.3. The topological polar surface area (TPSA) is 229 Å². The van der Waals surface area contributed by atoms with Gasteiger partial charge in [-0.3, -0.25) is 40.5 Å². The number of non-ortho nitro benzene ring substituents is 2. The van der Waals surface area contributed by atoms with E-state index < -0.39 is 49.2 Å². The summed E-state index contributed by atoms with van der Waals surface area (Å²) in [5.74, 6) is -0.216. The molecule has 0 saturated carbocycles. The van der Waals surface area contributed by atoms with Gasteiger partial charge in [0, 0.05) is 28.3 Å². The largest absolute Gasteiger partial charge is 0.374 e. The summed E-state index contributed by atoms with van der Waals surface area (Å²) in [5.41, 5.74) is -2.51. The van der Waals surface area contributed by atoms with Crippen LogP contribution >= 0.6 is 23.2 Å². The van der Waals surface area contributed by atoms with Crippen molar-refractivity contribution < 1.29 is 24.8 Å². The molecule has 20 heteroatoms. The molecule has 6 rings (SSSR count). The van der Waals surface area contributed by atoms with Crippen molar-refractivity contribution in [2.45, 2.75) is 0 Å². The van der Waals surface area contributed by atoms with E-state index in [0.717, 1.165) is 51.1 Å². The smallest absolute Gasteiger partial charge is 0.301 e. The Bertz CT molecular complexity index is 2250. The number of nitro benzene ring substituents is 4. The van der Waals surface area contributed by atoms with Crippen LogP contribution in [0, 0.1) is 40.5 Å². The number of amidine groups is 1. The third-order valence-corrected chi connectivity index (χ3v) is 7.84. The van der Waals surface area contributed by atoms with Gasteiger partial charge in [0.1, 0.15) is 29.5 Å². The fourth-order valence-electron chi connectivity index (χ4n) is 5.18. The Hall–Kier alpha value is -6.50. The first-order valence-corrected chi connectivity index (χ1v) is 14.4. The van der Waals surface area contributed by atoms with Crippen molar-refractivity contribution in [3.63, 3.8) is 0 Å². The van der Waals surface area contributed by atoms with Crippen LogP contribution < -0.4 is 10.0 Å². The second kappa shape index (κ2) is 12.6. The Morgan fingerprint density at radius 1 is 0.714 bits per heavy atom. The Morgan fingerprint density at radius 3 is 1.86 bits per heavy atom. The minimum Gasteiger partial charge on any atom is -0.374 e. The van der Waals surface area contributed by atoms with Gasteiger partial charge >= 0.3 is 11.4 Å². The molecular weight excluding hydrogens is 689 g/mol. The van der Waals surface area contributed by atoms with E-state index in [4.69, 9.17) is 28.2 Å². The molecule has 1 aromatic heterocycles. The van der Waals surface area contributed by atoms with Crippen molar-refractivity contribution in [1.82, 2.24) is 9.78 Å². The Labute approximate surface area is 282 Å². The van der Waals surface area contributed by atoms with Crippen molar-refractivity contribution in [3.8, 4) is 16.9 Å². The minimum atomic E-state index is -0.917. The molecule has 49 heavy (non-hydrogen) atoms. The van der Waals surface area contributed by atoms with E-state index in [1.54, 1.807) is 30.3 Å². The first-order valence-electron chi connectivity index (χ1n) is 13.7. The lowest BCUT2D eigenvalue weighted by Gasteiger charge is -2.38. The van der Waals surface area contributed by atoms with Crippen LogP contribution in [0.15, 0.2) is 89.9 Å². The maximum atomic E-state index is 12.3. The summed E-state index contributed by atoms with van der Waals surface area (Å²) in [6, 6.07) is 18.4. The fraction of sp³-hybridized carbons (Fsp3) is 0.0345. The molecule has 0 fully saturated rings. The zero-order valence-electron chi connectivity index (χ0n) is 24.3. The molecule has 18 nitrogen and oxygen atoms in total. The fourth-order valence-corrected chi connectivity index (χ4v) is 5.68. The summed E-state index contributed by atoms with van der Waals surface area (Å²) in [7, 11) is 0. The van der Waals surface area contributed by atoms with E-state index in [0.29, 0.717) is 5.56 Å². The lowest BCUT2D eigenvalue weighted by atomic mass is 10.1. The monoisotopic (exact) mass is 705 g/mol. The van der Waals surface area contributed by atoms with Gasteiger partial charge in [-0.05, 0) is 30.3 Å². The average Bonchev–Trinajstić information content (AvgIpc) is 3.45. The van der Waals surface area contributed by atoms with Crippen molar-refractivity contribution in [2.24, 2.45) is 4.99 Å². The number of hydrogen-bond donors (Lipinski definition) is 1. The van der Waals surface area contributed by atoms with Crippen LogP contribution in [0.3, 0.4) is 0 Å². The second-order valence-corrected chi connectivity index (χ2v) is 10.9. The van der Waals surface area contributed by atoms with Crippen LogP contribution in [-0.2, 0) is 0 Å². The summed E-state index contributed by atoms with van der Waals surface area (Å²) in [4.78, 5) is 49.0. The summed E-state index contributed by atoms with van der Waals surface area (Å²) >= 11 is 12.8. The molecule has 0 spiro atoms. The van der Waals surface area contributed by atoms with Crippen LogP contribution in [0.4, 0.5) is 39.9 Å². The Balaban J connectivity index is 1.73. The van der Waals surface area contributed by atoms with E-state index in [1.807, 2.05) is 0 Å². The summed E-state index contributed by atoms with van der Waals surface area (Å²) < 4.78 is 1.06. The summed E-state index contributed by atoms with van der Waals surface area (Å²) in [6.07, 6.45) is 0. The highest BCUT2D eigenvalue weighted by molar-refractivity contribution is 6.36. The summed E-state index contributed by atoms with van der Waals surface area (Å²) in [5, 5.41) is 65.4. The van der Waals surface area contributed by atoms with Crippen molar-refractivity contribution >= 4 is 69.0 Å². The highest BCUT2D eigenvalue weighted by Crippen LogP contribution is 2.48. The molecule has 5 aromatic rings. The second-order valence-electron chi connectivity index (χ2n) is 10.1. The molecule has 0 unspecified atom stereocenters. The molecule has 0 bridgehead atoms. The predicted molar refractivity (Wildman–Crippen MR) is 177 cm³/mol. The van der Waals surface area contributed by atoms with Gasteiger partial charge in [-0.2, -0.15) is 0 Å². The summed E-state index contributed by atoms with van der Waals surface area (Å²) in [6.45, 7) is -0.917. The lowest BCUT2D eigenvalue weighted by Crippen LogP contribution is -2.50. The third-order valence-electron chi connectivity index (χ3n) is 7.29. The highest BCUT2D eigenvalue weighted by Gasteiger charge is 2.39. The van der Waals surface area contributed by atoms with Gasteiger partial charge in [-0.15, -0.1) is 5.10 Å². The molecule has 246 valence electrons. The molecule has 4 aromatic carbocycles. The van der Waals surface area contributed by atoms with Crippen LogP contribution in [0.1, 0.15) is 5.56 Å². The van der Waals surface area contributed by atoms with Crippen LogP contribution in [0.2, 0.25) is 10.0 Å². The van der Waals surface area contributed by atoms with E-state index in [2.05, 4.69) is 5.10 Å². The number of hydrogen-bond acceptors (Lipinski definition) is 13. The lowest BCUT2D eigenvalue weighted by molar-refractivity contribution is -0.394. The van der Waals surface area contributed by atoms with E-state index in [-0.39, 0.29) is 50.0 Å². The SMILES string of the molecule is O=[N+]([O-])c1ccc(N2C(c3ccccc3)=Nc3c(nn(-c4ccc([N+](=O)[O-])cc4[N+](=O)[O-])c3-c3ccc(Cl)cc3Cl)N2CO)c([N+](=O)[O-])c1. The van der Waals surface area contributed by atoms with E-state index in [1.165, 1.54) is 18.2 Å². The van der Waals surface area contributed by atoms with Gasteiger partial charge in [-0.25, -0.2) is 19.7 Å². The minimum absolute atomic E-state index is 0.0226. The molecule has 1 aliphatic rings. The van der Waals surface area contributed by atoms with Gasteiger partial charge in [-0.1, -0.05) is 53.5 Å². The highest BCUT2D eigenvalue weighted by atomic mass is 35.5. The number of fused-ring (bicyclic) bond motifs is 1. The number of benzene rings is 4. The number of anilines is 2. The molecule has 1 N–H and O–H groups in total. The number of nitrogens with zero attached hydrogens (tertiary/aromatic N) is 9. The maximum Gasteiger partial charge on any atom is 0.301 e. The molecule has 0 amide bonds. The number of nitro groups is 4. The molecule has 0 saturated heterocycles. The van der Waals surface area contributed by atoms with E-state index in [9.17, 15) is 45.6 Å². The molecule has 0 radical (unpaired) electrons.